The van der Waals surface area contributed by atoms with Crippen molar-refractivity contribution in [3.8, 4) is 11.4 Å². The smallest absolute Gasteiger partial charge is 0.261 e. The molecule has 0 unspecified atom stereocenters. The first-order chi connectivity index (χ1) is 18.0. The Morgan fingerprint density at radius 1 is 1.14 bits per heavy atom. The van der Waals surface area contributed by atoms with Crippen molar-refractivity contribution in [1.29, 1.82) is 0 Å². The van der Waals surface area contributed by atoms with Crippen LogP contribution >= 0.6 is 11.3 Å². The number of nitrogens with one attached hydrogen (secondary N) is 2. The lowest BCUT2D eigenvalue weighted by atomic mass is 10.1. The number of amides is 1. The number of rotatable bonds is 7. The van der Waals surface area contributed by atoms with E-state index in [9.17, 15) is 9.59 Å². The minimum Gasteiger partial charge on any atom is -0.398 e. The summed E-state index contributed by atoms with van der Waals surface area (Å²) in [5.74, 6) is 0.475. The SMILES string of the molecule is CCCc1cccs1.Nc1cc[nH]c(=O)c1-c1nc2cc3c(cc2[nH]1)CN(CCCN1CCCC1)C3=O. The summed E-state index contributed by atoms with van der Waals surface area (Å²) in [5.41, 5.74) is 9.50. The number of aryl methyl sites for hydroxylation is 1. The van der Waals surface area contributed by atoms with Gasteiger partial charge in [-0.25, -0.2) is 4.98 Å². The van der Waals surface area contributed by atoms with E-state index in [4.69, 9.17) is 5.73 Å². The Kier molecular flexibility index (Phi) is 7.71. The van der Waals surface area contributed by atoms with Crippen LogP contribution in [0.15, 0.2) is 46.7 Å². The summed E-state index contributed by atoms with van der Waals surface area (Å²) in [6.07, 6.45) is 7.59. The van der Waals surface area contributed by atoms with Crippen LogP contribution in [-0.2, 0) is 13.0 Å². The lowest BCUT2D eigenvalue weighted by Gasteiger charge is -2.19. The Balaban J connectivity index is 0.000000301. The maximum atomic E-state index is 12.9. The van der Waals surface area contributed by atoms with E-state index in [0.717, 1.165) is 30.6 Å². The summed E-state index contributed by atoms with van der Waals surface area (Å²) in [6.45, 7) is 7.01. The van der Waals surface area contributed by atoms with Crippen LogP contribution in [0.25, 0.3) is 22.4 Å². The first kappa shape index (κ1) is 25.2. The monoisotopic (exact) mass is 518 g/mol. The van der Waals surface area contributed by atoms with E-state index < -0.39 is 0 Å². The van der Waals surface area contributed by atoms with E-state index in [1.807, 2.05) is 28.4 Å². The zero-order chi connectivity index (χ0) is 25.8. The average molecular weight is 519 g/mol. The fraction of sp³-hybridized carbons (Fsp3) is 0.393. The number of pyridine rings is 1. The molecule has 0 spiro atoms. The van der Waals surface area contributed by atoms with Gasteiger partial charge in [0.15, 0.2) is 0 Å². The minimum atomic E-state index is -0.295. The van der Waals surface area contributed by atoms with Crippen molar-refractivity contribution in [1.82, 2.24) is 24.8 Å². The number of carbonyl (C=O) groups excluding carboxylic acids is 1. The van der Waals surface area contributed by atoms with Crippen molar-refractivity contribution in [3.63, 3.8) is 0 Å². The molecule has 2 aliphatic heterocycles. The van der Waals surface area contributed by atoms with E-state index in [2.05, 4.69) is 44.3 Å². The molecular weight excluding hydrogens is 484 g/mol. The standard InChI is InChI=1S/C21H24N6O2.C7H10S/c22-15-4-5-23-20(28)18(15)19-24-16-10-13-12-27(9-3-8-26-6-1-2-7-26)21(29)14(13)11-17(16)25-19;1-2-4-7-5-3-6-8-7/h4-5,10-11H,1-3,6-9,12H2,(H,24,25)(H3,22,23,28);3,5-6H,2,4H2,1H3. The molecule has 194 valence electrons. The fourth-order valence-corrected chi connectivity index (χ4v) is 5.92. The second-order valence-corrected chi connectivity index (χ2v) is 10.7. The topological polar surface area (TPSA) is 111 Å². The summed E-state index contributed by atoms with van der Waals surface area (Å²) in [6, 6.07) is 9.71. The van der Waals surface area contributed by atoms with Gasteiger partial charge in [0.25, 0.3) is 11.5 Å². The van der Waals surface area contributed by atoms with Gasteiger partial charge in [0.05, 0.1) is 11.0 Å². The molecule has 0 bridgehead atoms. The van der Waals surface area contributed by atoms with Crippen LogP contribution in [0.1, 0.15) is 53.4 Å². The highest BCUT2D eigenvalue weighted by atomic mass is 32.1. The van der Waals surface area contributed by atoms with Gasteiger partial charge in [-0.3, -0.25) is 9.59 Å². The van der Waals surface area contributed by atoms with Gasteiger partial charge in [-0.1, -0.05) is 19.4 Å². The normalized spacial score (nSPS) is 15.3. The Morgan fingerprint density at radius 3 is 2.70 bits per heavy atom. The van der Waals surface area contributed by atoms with Gasteiger partial charge in [-0.15, -0.1) is 11.3 Å². The van der Waals surface area contributed by atoms with Crippen LogP contribution < -0.4 is 11.3 Å². The van der Waals surface area contributed by atoms with Gasteiger partial charge in [0, 0.05) is 35.4 Å². The number of H-pyrrole nitrogens is 2. The van der Waals surface area contributed by atoms with Crippen LogP contribution in [0.3, 0.4) is 0 Å². The zero-order valence-electron chi connectivity index (χ0n) is 21.3. The molecule has 0 atom stereocenters. The quantitative estimate of drug-likeness (QED) is 0.330. The molecule has 6 rings (SSSR count). The van der Waals surface area contributed by atoms with Crippen molar-refractivity contribution in [2.75, 3.05) is 31.9 Å². The van der Waals surface area contributed by atoms with Crippen molar-refractivity contribution < 1.29 is 4.79 Å². The number of aromatic amines is 2. The molecule has 4 aromatic rings. The number of nitrogen functional groups attached to an aromatic ring is 1. The summed E-state index contributed by atoms with van der Waals surface area (Å²) >= 11 is 1.85. The number of carbonyl (C=O) groups is 1. The van der Waals surface area contributed by atoms with E-state index in [0.29, 0.717) is 34.7 Å². The van der Waals surface area contributed by atoms with Crippen molar-refractivity contribution in [3.05, 3.63) is 68.3 Å². The van der Waals surface area contributed by atoms with E-state index >= 15 is 0 Å². The van der Waals surface area contributed by atoms with E-state index in [1.165, 1.54) is 49.8 Å². The summed E-state index contributed by atoms with van der Waals surface area (Å²) in [7, 11) is 0. The fourth-order valence-electron chi connectivity index (χ4n) is 5.11. The van der Waals surface area contributed by atoms with Crippen LogP contribution in [-0.4, -0.2) is 56.8 Å². The van der Waals surface area contributed by atoms with Gasteiger partial charge in [0.1, 0.15) is 11.4 Å². The van der Waals surface area contributed by atoms with Gasteiger partial charge < -0.3 is 25.5 Å². The van der Waals surface area contributed by atoms with Crippen LogP contribution in [0, 0.1) is 0 Å². The third-order valence-corrected chi connectivity index (χ3v) is 7.93. The highest BCUT2D eigenvalue weighted by Gasteiger charge is 2.28. The number of benzene rings is 1. The second kappa shape index (κ2) is 11.3. The number of hydrogen-bond donors (Lipinski definition) is 3. The van der Waals surface area contributed by atoms with E-state index in [-0.39, 0.29) is 11.5 Å². The number of nitrogens with two attached hydrogens (primary N) is 1. The first-order valence-corrected chi connectivity index (χ1v) is 14.0. The lowest BCUT2D eigenvalue weighted by molar-refractivity contribution is 0.0772. The van der Waals surface area contributed by atoms with Crippen molar-refractivity contribution in [2.24, 2.45) is 0 Å². The molecular formula is C28H34N6O2S. The molecule has 37 heavy (non-hydrogen) atoms. The number of aromatic nitrogens is 3. The Bertz CT molecular complexity index is 1420. The molecule has 4 N–H and O–H groups in total. The molecule has 1 saturated heterocycles. The first-order valence-electron chi connectivity index (χ1n) is 13.1. The third-order valence-electron chi connectivity index (χ3n) is 6.99. The van der Waals surface area contributed by atoms with Crippen LogP contribution in [0.2, 0.25) is 0 Å². The number of likely N-dealkylation sites (tertiary alicyclic amines) is 1. The number of imidazole rings is 1. The maximum Gasteiger partial charge on any atom is 0.261 e. The predicted molar refractivity (Wildman–Crippen MR) is 150 cm³/mol. The summed E-state index contributed by atoms with van der Waals surface area (Å²) < 4.78 is 0. The van der Waals surface area contributed by atoms with E-state index in [1.54, 1.807) is 6.07 Å². The van der Waals surface area contributed by atoms with Crippen molar-refractivity contribution in [2.45, 2.75) is 45.6 Å². The van der Waals surface area contributed by atoms with Crippen LogP contribution in [0.5, 0.6) is 0 Å². The Labute approximate surface area is 220 Å². The molecule has 5 heterocycles. The minimum absolute atomic E-state index is 0.0601. The number of anilines is 1. The molecule has 2 aliphatic rings. The zero-order valence-corrected chi connectivity index (χ0v) is 22.1. The molecule has 8 nitrogen and oxygen atoms in total. The number of hydrogen-bond acceptors (Lipinski definition) is 6. The summed E-state index contributed by atoms with van der Waals surface area (Å²) in [4.78, 5) is 41.2. The predicted octanol–water partition coefficient (Wildman–Crippen LogP) is 4.64. The second-order valence-electron chi connectivity index (χ2n) is 9.71. The highest BCUT2D eigenvalue weighted by molar-refractivity contribution is 7.09. The van der Waals surface area contributed by atoms with Gasteiger partial charge in [-0.05, 0) is 80.5 Å². The molecule has 1 aromatic carbocycles. The number of nitrogens with zero attached hydrogens (tertiary/aromatic N) is 3. The molecule has 9 heteroatoms. The Hall–Kier alpha value is -3.43. The molecule has 3 aromatic heterocycles. The van der Waals surface area contributed by atoms with Gasteiger partial charge >= 0.3 is 0 Å². The van der Waals surface area contributed by atoms with Gasteiger partial charge in [-0.2, -0.15) is 0 Å². The number of thiophene rings is 1. The van der Waals surface area contributed by atoms with Crippen LogP contribution in [0.4, 0.5) is 5.69 Å². The maximum absolute atomic E-state index is 12.9. The van der Waals surface area contributed by atoms with Gasteiger partial charge in [0.2, 0.25) is 0 Å². The Morgan fingerprint density at radius 2 is 1.97 bits per heavy atom. The molecule has 1 amide bonds. The van der Waals surface area contributed by atoms with Crippen molar-refractivity contribution >= 4 is 34.0 Å². The average Bonchev–Trinajstić information content (AvgIpc) is 3.68. The lowest BCUT2D eigenvalue weighted by Crippen LogP contribution is -2.29. The highest BCUT2D eigenvalue weighted by Crippen LogP contribution is 2.29. The molecule has 1 fully saturated rings. The molecule has 0 radical (unpaired) electrons. The molecule has 0 aliphatic carbocycles. The largest absolute Gasteiger partial charge is 0.398 e. The molecule has 0 saturated carbocycles. The third kappa shape index (κ3) is 5.62. The number of fused-ring (bicyclic) bond motifs is 2. The summed E-state index contributed by atoms with van der Waals surface area (Å²) in [5, 5.41) is 2.13.